The van der Waals surface area contributed by atoms with Gasteiger partial charge in [-0.25, -0.2) is 9.78 Å². The van der Waals surface area contributed by atoms with E-state index in [-0.39, 0.29) is 10.7 Å². The molecule has 0 aliphatic carbocycles. The van der Waals surface area contributed by atoms with Crippen LogP contribution in [0.5, 0.6) is 0 Å². The highest BCUT2D eigenvalue weighted by Gasteiger charge is 2.08. The van der Waals surface area contributed by atoms with Crippen LogP contribution in [0.15, 0.2) is 18.2 Å². The molecule has 0 bridgehead atoms. The Morgan fingerprint density at radius 2 is 2.16 bits per heavy atom. The Kier molecular flexibility index (Phi) is 4.07. The number of nitrogens with zero attached hydrogens (tertiary/aromatic N) is 1. The Labute approximate surface area is 120 Å². The van der Waals surface area contributed by atoms with Crippen LogP contribution >= 0.6 is 22.9 Å². The lowest BCUT2D eigenvalue weighted by molar-refractivity contribution is 0.0697. The van der Waals surface area contributed by atoms with Crippen LogP contribution in [-0.2, 0) is 6.54 Å². The number of carbonyl (C=O) groups is 1. The number of carboxylic acid groups (broad SMARTS) is 1. The fourth-order valence-electron chi connectivity index (χ4n) is 1.63. The number of aryl methyl sites for hydroxylation is 2. The standard InChI is InChI=1S/C13H13ClN2O2S/c1-7-3-10(19-8(7)2)6-15-12-5-9(13(17)18)4-11(14)16-12/h3-5H,6H2,1-2H3,(H,15,16)(H,17,18). The number of nitrogens with one attached hydrogen (secondary N) is 1. The van der Waals surface area contributed by atoms with E-state index in [1.165, 1.54) is 27.5 Å². The summed E-state index contributed by atoms with van der Waals surface area (Å²) in [7, 11) is 0. The van der Waals surface area contributed by atoms with Crippen molar-refractivity contribution in [3.05, 3.63) is 44.2 Å². The van der Waals surface area contributed by atoms with E-state index in [2.05, 4.69) is 30.2 Å². The normalized spacial score (nSPS) is 10.5. The van der Waals surface area contributed by atoms with Crippen LogP contribution in [0.3, 0.4) is 0 Å². The van der Waals surface area contributed by atoms with Gasteiger partial charge in [-0.15, -0.1) is 11.3 Å². The van der Waals surface area contributed by atoms with Crippen molar-refractivity contribution in [2.75, 3.05) is 5.32 Å². The molecular formula is C13H13ClN2O2S. The summed E-state index contributed by atoms with van der Waals surface area (Å²) in [5.41, 5.74) is 1.38. The van der Waals surface area contributed by atoms with Crippen molar-refractivity contribution < 1.29 is 9.90 Å². The number of aromatic nitrogens is 1. The number of rotatable bonds is 4. The molecule has 0 unspecified atom stereocenters. The topological polar surface area (TPSA) is 62.2 Å². The van der Waals surface area contributed by atoms with Gasteiger partial charge in [0.15, 0.2) is 0 Å². The quantitative estimate of drug-likeness (QED) is 0.844. The number of hydrogen-bond donors (Lipinski definition) is 2. The fraction of sp³-hybridized carbons (Fsp3) is 0.231. The maximum Gasteiger partial charge on any atom is 0.335 e. The zero-order valence-corrected chi connectivity index (χ0v) is 12.1. The SMILES string of the molecule is Cc1cc(CNc2cc(C(=O)O)cc(Cl)n2)sc1C. The minimum absolute atomic E-state index is 0.126. The first-order valence-corrected chi connectivity index (χ1v) is 6.86. The zero-order chi connectivity index (χ0) is 14.0. The lowest BCUT2D eigenvalue weighted by Gasteiger charge is -2.05. The maximum absolute atomic E-state index is 10.9. The van der Waals surface area contributed by atoms with Crippen molar-refractivity contribution >= 4 is 34.7 Å². The van der Waals surface area contributed by atoms with Crippen LogP contribution in [0.2, 0.25) is 5.15 Å². The van der Waals surface area contributed by atoms with Gasteiger partial charge in [0.2, 0.25) is 0 Å². The van der Waals surface area contributed by atoms with Crippen molar-refractivity contribution in [1.82, 2.24) is 4.98 Å². The third-order valence-electron chi connectivity index (χ3n) is 2.70. The minimum Gasteiger partial charge on any atom is -0.478 e. The van der Waals surface area contributed by atoms with E-state index in [0.29, 0.717) is 12.4 Å². The van der Waals surface area contributed by atoms with Crippen molar-refractivity contribution in [3.63, 3.8) is 0 Å². The molecule has 0 saturated heterocycles. The molecule has 2 rings (SSSR count). The average Bonchev–Trinajstić information content (AvgIpc) is 2.65. The number of pyridine rings is 1. The molecule has 0 amide bonds. The van der Waals surface area contributed by atoms with E-state index in [1.54, 1.807) is 11.3 Å². The predicted octanol–water partition coefficient (Wildman–Crippen LogP) is 3.72. The molecule has 0 saturated carbocycles. The van der Waals surface area contributed by atoms with Gasteiger partial charge in [0.1, 0.15) is 11.0 Å². The maximum atomic E-state index is 10.9. The summed E-state index contributed by atoms with van der Waals surface area (Å²) in [5.74, 6) is -0.552. The van der Waals surface area contributed by atoms with E-state index >= 15 is 0 Å². The van der Waals surface area contributed by atoms with Gasteiger partial charge >= 0.3 is 5.97 Å². The molecule has 4 nitrogen and oxygen atoms in total. The number of thiophene rings is 1. The van der Waals surface area contributed by atoms with Gasteiger partial charge in [-0.05, 0) is 37.6 Å². The molecule has 2 N–H and O–H groups in total. The molecule has 2 heterocycles. The first-order valence-electron chi connectivity index (χ1n) is 5.66. The van der Waals surface area contributed by atoms with Crippen LogP contribution in [0.4, 0.5) is 5.82 Å². The highest BCUT2D eigenvalue weighted by atomic mass is 35.5. The first kappa shape index (κ1) is 13.8. The lowest BCUT2D eigenvalue weighted by Crippen LogP contribution is -2.03. The predicted molar refractivity (Wildman–Crippen MR) is 77.3 cm³/mol. The van der Waals surface area contributed by atoms with Crippen LogP contribution in [0.1, 0.15) is 25.7 Å². The van der Waals surface area contributed by atoms with Gasteiger partial charge in [-0.3, -0.25) is 0 Å². The molecule has 6 heteroatoms. The van der Waals surface area contributed by atoms with Crippen LogP contribution in [0.25, 0.3) is 0 Å². The summed E-state index contributed by atoms with van der Waals surface area (Å²) in [5, 5.41) is 12.2. The summed E-state index contributed by atoms with van der Waals surface area (Å²) in [6.07, 6.45) is 0. The Bertz CT molecular complexity index is 606. The van der Waals surface area contributed by atoms with Crippen LogP contribution in [-0.4, -0.2) is 16.1 Å². The first-order chi connectivity index (χ1) is 8.95. The molecule has 0 fully saturated rings. The third-order valence-corrected chi connectivity index (χ3v) is 4.05. The van der Waals surface area contributed by atoms with Gasteiger partial charge in [-0.1, -0.05) is 11.6 Å². The third kappa shape index (κ3) is 3.45. The largest absolute Gasteiger partial charge is 0.478 e. The monoisotopic (exact) mass is 296 g/mol. The molecule has 0 aliphatic heterocycles. The molecule has 0 aromatic carbocycles. The van der Waals surface area contributed by atoms with E-state index in [0.717, 1.165) is 0 Å². The highest BCUT2D eigenvalue weighted by molar-refractivity contribution is 7.12. The molecule has 0 atom stereocenters. The summed E-state index contributed by atoms with van der Waals surface area (Å²) in [6, 6.07) is 4.91. The van der Waals surface area contributed by atoms with Crippen molar-refractivity contribution in [2.24, 2.45) is 0 Å². The van der Waals surface area contributed by atoms with E-state index < -0.39 is 5.97 Å². The van der Waals surface area contributed by atoms with Gasteiger partial charge in [0, 0.05) is 9.75 Å². The summed E-state index contributed by atoms with van der Waals surface area (Å²) in [6.45, 7) is 4.74. The van der Waals surface area contributed by atoms with Crippen molar-refractivity contribution in [3.8, 4) is 0 Å². The second kappa shape index (κ2) is 5.59. The summed E-state index contributed by atoms with van der Waals surface area (Å²) < 4.78 is 0. The van der Waals surface area contributed by atoms with E-state index in [9.17, 15) is 4.79 Å². The minimum atomic E-state index is -1.02. The average molecular weight is 297 g/mol. The van der Waals surface area contributed by atoms with Crippen LogP contribution in [0, 0.1) is 13.8 Å². The van der Waals surface area contributed by atoms with Gasteiger partial charge in [0.25, 0.3) is 0 Å². The fourth-order valence-corrected chi connectivity index (χ4v) is 2.83. The lowest BCUT2D eigenvalue weighted by atomic mass is 10.2. The second-order valence-electron chi connectivity index (χ2n) is 4.17. The number of hydrogen-bond acceptors (Lipinski definition) is 4. The molecule has 0 aliphatic rings. The van der Waals surface area contributed by atoms with Gasteiger partial charge < -0.3 is 10.4 Å². The molecule has 2 aromatic rings. The molecule has 19 heavy (non-hydrogen) atoms. The Balaban J connectivity index is 2.13. The van der Waals surface area contributed by atoms with Gasteiger partial charge in [0.05, 0.1) is 12.1 Å². The van der Waals surface area contributed by atoms with Crippen molar-refractivity contribution in [1.29, 1.82) is 0 Å². The number of halogens is 1. The Morgan fingerprint density at radius 3 is 2.74 bits per heavy atom. The smallest absolute Gasteiger partial charge is 0.335 e. The highest BCUT2D eigenvalue weighted by Crippen LogP contribution is 2.22. The number of anilines is 1. The molecule has 100 valence electrons. The molecular weight excluding hydrogens is 284 g/mol. The zero-order valence-electron chi connectivity index (χ0n) is 10.5. The Morgan fingerprint density at radius 1 is 1.42 bits per heavy atom. The molecule has 0 radical (unpaired) electrons. The Hall–Kier alpha value is -1.59. The number of carboxylic acids is 1. The number of aromatic carboxylic acids is 1. The van der Waals surface area contributed by atoms with E-state index in [4.69, 9.17) is 16.7 Å². The van der Waals surface area contributed by atoms with Crippen molar-refractivity contribution in [2.45, 2.75) is 20.4 Å². The van der Waals surface area contributed by atoms with E-state index in [1.807, 2.05) is 0 Å². The van der Waals surface area contributed by atoms with Gasteiger partial charge in [-0.2, -0.15) is 0 Å². The second-order valence-corrected chi connectivity index (χ2v) is 5.90. The van der Waals surface area contributed by atoms with Crippen LogP contribution < -0.4 is 5.32 Å². The summed E-state index contributed by atoms with van der Waals surface area (Å²) >= 11 is 7.50. The molecule has 0 spiro atoms. The summed E-state index contributed by atoms with van der Waals surface area (Å²) in [4.78, 5) is 17.4. The molecule has 2 aromatic heterocycles.